The fraction of sp³-hybridized carbons (Fsp3) is 0.591. The number of hydrogen-bond acceptors (Lipinski definition) is 8. The van der Waals surface area contributed by atoms with E-state index in [4.69, 9.17) is 25.2 Å². The third kappa shape index (κ3) is 17.6. The van der Waals surface area contributed by atoms with Gasteiger partial charge in [0, 0.05) is 14.0 Å². The Labute approximate surface area is 194 Å². The molecule has 0 spiro atoms. The van der Waals surface area contributed by atoms with Crippen molar-refractivity contribution in [3.63, 3.8) is 0 Å². The molecule has 11 heteroatoms. The number of carboxylic acid groups (broad SMARTS) is 1. The van der Waals surface area contributed by atoms with Crippen LogP contribution in [0.4, 0.5) is 5.69 Å². The number of carboxylic acids is 1. The van der Waals surface area contributed by atoms with E-state index in [0.29, 0.717) is 31.9 Å². The molecule has 1 aromatic rings. The minimum atomic E-state index is -0.833. The average molecular weight is 475 g/mol. The maximum absolute atomic E-state index is 12.1. The van der Waals surface area contributed by atoms with Gasteiger partial charge in [-0.2, -0.15) is 0 Å². The number of nitrogens with one attached hydrogen (secondary N) is 1. The zero-order chi connectivity index (χ0) is 25.5. The van der Waals surface area contributed by atoms with Crippen LogP contribution in [0.3, 0.4) is 0 Å². The highest BCUT2D eigenvalue weighted by molar-refractivity contribution is 6.14. The van der Waals surface area contributed by atoms with E-state index >= 15 is 0 Å². The molecule has 1 aromatic carbocycles. The van der Waals surface area contributed by atoms with Crippen LogP contribution in [0.1, 0.15) is 33.1 Å². The first-order chi connectivity index (χ1) is 15.8. The van der Waals surface area contributed by atoms with Crippen molar-refractivity contribution in [2.45, 2.75) is 33.1 Å². The van der Waals surface area contributed by atoms with Crippen LogP contribution in [-0.2, 0) is 23.9 Å². The third-order valence-electron chi connectivity index (χ3n) is 3.68. The minimum Gasteiger partial charge on any atom is -0.481 e. The molecule has 0 aromatic heterocycles. The molecule has 1 aliphatic heterocycles. The van der Waals surface area contributed by atoms with E-state index in [0.717, 1.165) is 19.8 Å². The van der Waals surface area contributed by atoms with Gasteiger partial charge in [-0.1, -0.05) is 38.0 Å². The molecule has 1 fully saturated rings. The smallest absolute Gasteiger partial charge is 0.300 e. The van der Waals surface area contributed by atoms with Crippen molar-refractivity contribution in [3.8, 4) is 0 Å². The molecule has 2 amide bonds. The van der Waals surface area contributed by atoms with E-state index in [-0.39, 0.29) is 31.6 Å². The maximum atomic E-state index is 12.1. The van der Waals surface area contributed by atoms with Gasteiger partial charge in [-0.3, -0.25) is 19.8 Å². The monoisotopic (exact) mass is 474 g/mol. The molecule has 1 unspecified atom stereocenters. The van der Waals surface area contributed by atoms with Crippen molar-refractivity contribution >= 4 is 23.5 Å². The van der Waals surface area contributed by atoms with Crippen molar-refractivity contribution in [1.29, 1.82) is 0 Å². The predicted octanol–water partition coefficient (Wildman–Crippen LogP) is 0.574. The zero-order valence-electron chi connectivity index (χ0n) is 19.6. The fourth-order valence-corrected chi connectivity index (χ4v) is 2.27. The first kappa shape index (κ1) is 32.6. The van der Waals surface area contributed by atoms with Gasteiger partial charge in [-0.05, 0) is 18.6 Å². The number of nitrogens with zero attached hydrogens (tertiary/aromatic N) is 1. The van der Waals surface area contributed by atoms with Gasteiger partial charge >= 0.3 is 0 Å². The normalized spacial score (nSPS) is 14.1. The highest BCUT2D eigenvalue weighted by Gasteiger charge is 2.39. The number of amides is 2. The summed E-state index contributed by atoms with van der Waals surface area (Å²) < 4.78 is 9.07. The van der Waals surface area contributed by atoms with Crippen LogP contribution in [-0.4, -0.2) is 85.0 Å². The number of unbranched alkanes of at least 4 members (excludes halogenated alkanes) is 1. The van der Waals surface area contributed by atoms with E-state index in [1.54, 1.807) is 19.2 Å². The van der Waals surface area contributed by atoms with Gasteiger partial charge in [-0.15, -0.1) is 0 Å². The third-order valence-corrected chi connectivity index (χ3v) is 3.68. The van der Waals surface area contributed by atoms with Gasteiger partial charge < -0.3 is 29.9 Å². The first-order valence-electron chi connectivity index (χ1n) is 10.6. The summed E-state index contributed by atoms with van der Waals surface area (Å²) in [7, 11) is 1.55. The predicted molar refractivity (Wildman–Crippen MR) is 122 cm³/mol. The van der Waals surface area contributed by atoms with Crippen LogP contribution in [0, 0.1) is 5.92 Å². The Morgan fingerprint density at radius 3 is 1.94 bits per heavy atom. The number of hydrazine groups is 1. The first-order valence-corrected chi connectivity index (χ1v) is 10.6. The van der Waals surface area contributed by atoms with Crippen LogP contribution < -0.4 is 10.4 Å². The molecular weight excluding hydrogens is 436 g/mol. The number of carbonyl (C=O) groups excluding carboxylic acids is 2. The van der Waals surface area contributed by atoms with Gasteiger partial charge in [0.25, 0.3) is 17.8 Å². The quantitative estimate of drug-likeness (QED) is 0.241. The van der Waals surface area contributed by atoms with Crippen LogP contribution >= 0.6 is 0 Å². The Hall–Kier alpha value is -2.57. The van der Waals surface area contributed by atoms with Gasteiger partial charge in [0.15, 0.2) is 0 Å². The van der Waals surface area contributed by atoms with Crippen LogP contribution in [0.25, 0.3) is 0 Å². The Morgan fingerprint density at radius 1 is 1.03 bits per heavy atom. The second-order valence-corrected chi connectivity index (χ2v) is 6.48. The molecule has 0 radical (unpaired) electrons. The Morgan fingerprint density at radius 2 is 1.55 bits per heavy atom. The lowest BCUT2D eigenvalue weighted by molar-refractivity contribution is -0.134. The number of anilines is 1. The molecule has 1 saturated heterocycles. The number of rotatable bonds is 10. The van der Waals surface area contributed by atoms with Gasteiger partial charge in [-0.25, -0.2) is 5.01 Å². The van der Waals surface area contributed by atoms with E-state index < -0.39 is 11.9 Å². The molecule has 33 heavy (non-hydrogen) atoms. The van der Waals surface area contributed by atoms with Gasteiger partial charge in [0.2, 0.25) is 0 Å². The zero-order valence-corrected chi connectivity index (χ0v) is 19.6. The number of ether oxygens (including phenoxy) is 2. The summed E-state index contributed by atoms with van der Waals surface area (Å²) in [6.07, 6.45) is 2.51. The summed E-state index contributed by atoms with van der Waals surface area (Å²) >= 11 is 0. The summed E-state index contributed by atoms with van der Waals surface area (Å²) in [5.74, 6) is -1.68. The van der Waals surface area contributed by atoms with Crippen LogP contribution in [0.15, 0.2) is 30.3 Å². The van der Waals surface area contributed by atoms with Crippen LogP contribution in [0.5, 0.6) is 0 Å². The molecule has 0 saturated carbocycles. The average Bonchev–Trinajstić information content (AvgIpc) is 3.08. The van der Waals surface area contributed by atoms with E-state index in [1.165, 1.54) is 5.01 Å². The minimum absolute atomic E-state index is 0.0278. The largest absolute Gasteiger partial charge is 0.481 e. The number of hydrogen-bond donors (Lipinski definition) is 5. The second kappa shape index (κ2) is 22.6. The van der Waals surface area contributed by atoms with Crippen molar-refractivity contribution < 1.29 is 44.3 Å². The summed E-state index contributed by atoms with van der Waals surface area (Å²) in [5.41, 5.74) is 3.34. The second-order valence-electron chi connectivity index (χ2n) is 6.48. The molecule has 11 nitrogen and oxygen atoms in total. The fourth-order valence-electron chi connectivity index (χ4n) is 2.27. The molecular formula is C22H38N2O9. The van der Waals surface area contributed by atoms with Gasteiger partial charge in [0.1, 0.15) is 5.92 Å². The number of aliphatic hydroxyl groups excluding tert-OH is 3. The molecule has 0 bridgehead atoms. The van der Waals surface area contributed by atoms with Crippen molar-refractivity contribution in [3.05, 3.63) is 30.3 Å². The van der Waals surface area contributed by atoms with E-state index in [2.05, 4.69) is 14.9 Å². The lowest BCUT2D eigenvalue weighted by Gasteiger charge is -2.14. The maximum Gasteiger partial charge on any atom is 0.300 e. The Balaban J connectivity index is 0. The Kier molecular flexibility index (Phi) is 22.3. The lowest BCUT2D eigenvalue weighted by atomic mass is 10.0. The highest BCUT2D eigenvalue weighted by Crippen LogP contribution is 2.22. The summed E-state index contributed by atoms with van der Waals surface area (Å²) in [5, 5.41) is 32.9. The molecule has 1 atom stereocenters. The highest BCUT2D eigenvalue weighted by atomic mass is 16.5. The molecule has 1 aliphatic rings. The molecule has 0 aliphatic carbocycles. The lowest BCUT2D eigenvalue weighted by Crippen LogP contribution is -2.35. The summed E-state index contributed by atoms with van der Waals surface area (Å²) in [6.45, 7) is 4.39. The summed E-state index contributed by atoms with van der Waals surface area (Å²) in [4.78, 5) is 32.8. The topological polar surface area (TPSA) is 166 Å². The van der Waals surface area contributed by atoms with Crippen molar-refractivity contribution in [2.75, 3.05) is 51.8 Å². The van der Waals surface area contributed by atoms with Gasteiger partial charge in [0.05, 0.1) is 45.3 Å². The number of methoxy groups -OCH3 is 1. The van der Waals surface area contributed by atoms with E-state index in [9.17, 15) is 9.59 Å². The number of benzene rings is 1. The number of para-hydroxylation sites is 1. The molecule has 190 valence electrons. The Bertz CT molecular complexity index is 620. The molecule has 2 rings (SSSR count). The van der Waals surface area contributed by atoms with E-state index in [1.807, 2.05) is 25.1 Å². The number of aliphatic carboxylic acids is 1. The molecule has 5 N–H and O–H groups in total. The SMILES string of the molecule is CC(=O)O.CCCCC1C(=O)NN(c2ccccc2)C1=O.COCCO.OCCOCCO. The number of carbonyl (C=O) groups is 3. The number of aliphatic hydroxyl groups is 3. The van der Waals surface area contributed by atoms with Crippen molar-refractivity contribution in [2.24, 2.45) is 5.92 Å². The van der Waals surface area contributed by atoms with Crippen molar-refractivity contribution in [1.82, 2.24) is 5.43 Å². The summed E-state index contributed by atoms with van der Waals surface area (Å²) in [6, 6.07) is 9.17. The van der Waals surface area contributed by atoms with Crippen LogP contribution in [0.2, 0.25) is 0 Å². The standard InChI is InChI=1S/C13H16N2O2.C4H10O3.C3H8O2.C2H4O2/c1-2-3-9-11-12(16)14-15(13(11)17)10-7-5-4-6-8-10;5-1-3-7-4-2-6;1-5-3-2-4;1-2(3)4/h4-8,11H,2-3,9H2,1H3,(H,14,16);5-6H,1-4H2;4H,2-3H2,1H3;1H3,(H,3,4). The molecule has 1 heterocycles.